The molecule has 0 spiro atoms. The lowest BCUT2D eigenvalue weighted by molar-refractivity contribution is 0.172. The number of benzene rings is 2. The van der Waals surface area contributed by atoms with Gasteiger partial charge in [-0.05, 0) is 72.9 Å². The summed E-state index contributed by atoms with van der Waals surface area (Å²) in [5.41, 5.74) is 5.91. The highest BCUT2D eigenvalue weighted by molar-refractivity contribution is 5.84. The predicted molar refractivity (Wildman–Crippen MR) is 157 cm³/mol. The molecule has 1 aliphatic rings. The van der Waals surface area contributed by atoms with Crippen molar-refractivity contribution in [3.8, 4) is 16.9 Å². The number of rotatable bonds is 10. The van der Waals surface area contributed by atoms with Gasteiger partial charge in [-0.1, -0.05) is 50.3 Å². The molecule has 1 heterocycles. The minimum atomic E-state index is -0.696. The quantitative estimate of drug-likeness (QED) is 0.120. The molecule has 0 bridgehead atoms. The average molecular weight is 538 g/mol. The second-order valence-electron chi connectivity index (χ2n) is 9.74. The number of aliphatic imine (C=N–C) groups is 2. The first-order valence-electron chi connectivity index (χ1n) is 13.7. The van der Waals surface area contributed by atoms with E-state index < -0.39 is 11.6 Å². The summed E-state index contributed by atoms with van der Waals surface area (Å²) in [7, 11) is 1.66. The minimum absolute atomic E-state index is 0.230. The normalized spacial score (nSPS) is 15.8. The van der Waals surface area contributed by atoms with E-state index in [2.05, 4.69) is 46.3 Å². The SMILES string of the molecule is CC/C=C/C(=C\N=C(C)N1CCC(COc2c(F)cc(-c3ccc(CC(=NC)NN)cc3)cc2F)CC1)CC. The summed E-state index contributed by atoms with van der Waals surface area (Å²) >= 11 is 0. The number of likely N-dealkylation sites (tertiary alicyclic amines) is 1. The van der Waals surface area contributed by atoms with Crippen molar-refractivity contribution in [3.63, 3.8) is 0 Å². The molecular formula is C31H41F2N5O. The Balaban J connectivity index is 1.56. The molecule has 0 saturated carbocycles. The summed E-state index contributed by atoms with van der Waals surface area (Å²) in [5, 5.41) is 0. The van der Waals surface area contributed by atoms with Crippen LogP contribution in [0.2, 0.25) is 0 Å². The molecule has 3 N–H and O–H groups in total. The van der Waals surface area contributed by atoms with E-state index in [-0.39, 0.29) is 18.3 Å². The molecule has 3 rings (SSSR count). The van der Waals surface area contributed by atoms with Gasteiger partial charge in [0.25, 0.3) is 0 Å². The van der Waals surface area contributed by atoms with Crippen molar-refractivity contribution < 1.29 is 13.5 Å². The van der Waals surface area contributed by atoms with Crippen LogP contribution in [0.4, 0.5) is 8.78 Å². The Bertz CT molecular complexity index is 1170. The molecule has 0 atom stereocenters. The fourth-order valence-corrected chi connectivity index (χ4v) is 4.47. The van der Waals surface area contributed by atoms with Crippen LogP contribution in [0.3, 0.4) is 0 Å². The highest BCUT2D eigenvalue weighted by Gasteiger charge is 2.22. The van der Waals surface area contributed by atoms with Gasteiger partial charge in [0.1, 0.15) is 11.7 Å². The zero-order chi connectivity index (χ0) is 28.2. The maximum absolute atomic E-state index is 14.9. The van der Waals surface area contributed by atoms with Gasteiger partial charge in [0.15, 0.2) is 17.4 Å². The fourth-order valence-electron chi connectivity index (χ4n) is 4.47. The van der Waals surface area contributed by atoms with Crippen molar-refractivity contribution in [2.75, 3.05) is 26.7 Å². The third kappa shape index (κ3) is 8.75. The second-order valence-corrected chi connectivity index (χ2v) is 9.74. The third-order valence-corrected chi connectivity index (χ3v) is 7.02. The third-order valence-electron chi connectivity index (χ3n) is 7.02. The van der Waals surface area contributed by atoms with Gasteiger partial charge in [-0.25, -0.2) is 19.6 Å². The lowest BCUT2D eigenvalue weighted by Crippen LogP contribution is -2.38. The molecule has 6 nitrogen and oxygen atoms in total. The lowest BCUT2D eigenvalue weighted by Gasteiger charge is -2.33. The minimum Gasteiger partial charge on any atom is -0.487 e. The zero-order valence-corrected chi connectivity index (χ0v) is 23.5. The van der Waals surface area contributed by atoms with Crippen molar-refractivity contribution in [2.24, 2.45) is 21.7 Å². The van der Waals surface area contributed by atoms with E-state index in [1.54, 1.807) is 7.05 Å². The van der Waals surface area contributed by atoms with Crippen molar-refractivity contribution in [3.05, 3.63) is 77.5 Å². The number of hydrazine groups is 1. The number of allylic oxidation sites excluding steroid dienone is 3. The maximum atomic E-state index is 14.9. The molecule has 1 fully saturated rings. The van der Waals surface area contributed by atoms with Gasteiger partial charge in [-0.15, -0.1) is 0 Å². The van der Waals surface area contributed by atoms with Crippen LogP contribution in [-0.2, 0) is 6.42 Å². The van der Waals surface area contributed by atoms with Crippen LogP contribution in [0.15, 0.2) is 70.3 Å². The molecular weight excluding hydrogens is 496 g/mol. The number of halogens is 2. The van der Waals surface area contributed by atoms with Crippen molar-refractivity contribution in [1.29, 1.82) is 0 Å². The van der Waals surface area contributed by atoms with Gasteiger partial charge in [-0.3, -0.25) is 4.99 Å². The first kappa shape index (κ1) is 30.0. The number of nitrogens with one attached hydrogen (secondary N) is 1. The summed E-state index contributed by atoms with van der Waals surface area (Å²) in [5.74, 6) is 5.60. The van der Waals surface area contributed by atoms with Crippen LogP contribution in [0.5, 0.6) is 5.75 Å². The molecule has 0 radical (unpaired) electrons. The van der Waals surface area contributed by atoms with E-state index >= 15 is 0 Å². The molecule has 0 aliphatic carbocycles. The van der Waals surface area contributed by atoms with E-state index in [9.17, 15) is 8.78 Å². The number of ether oxygens (including phenoxy) is 1. The first-order chi connectivity index (χ1) is 18.9. The number of hydrogen-bond donors (Lipinski definition) is 2. The Morgan fingerprint density at radius 3 is 2.33 bits per heavy atom. The summed E-state index contributed by atoms with van der Waals surface area (Å²) in [6.45, 7) is 8.24. The highest BCUT2D eigenvalue weighted by atomic mass is 19.1. The van der Waals surface area contributed by atoms with E-state index in [1.807, 2.05) is 37.4 Å². The average Bonchev–Trinajstić information content (AvgIpc) is 2.96. The van der Waals surface area contributed by atoms with Gasteiger partial charge in [0.2, 0.25) is 0 Å². The van der Waals surface area contributed by atoms with Crippen LogP contribution >= 0.6 is 0 Å². The van der Waals surface area contributed by atoms with Crippen LogP contribution in [-0.4, -0.2) is 43.3 Å². The summed E-state index contributed by atoms with van der Waals surface area (Å²) in [6.07, 6.45) is 10.5. The molecule has 0 unspecified atom stereocenters. The smallest absolute Gasteiger partial charge is 0.190 e. The highest BCUT2D eigenvalue weighted by Crippen LogP contribution is 2.30. The van der Waals surface area contributed by atoms with E-state index in [0.29, 0.717) is 23.4 Å². The van der Waals surface area contributed by atoms with Gasteiger partial charge in [-0.2, -0.15) is 0 Å². The Kier molecular flexibility index (Phi) is 11.7. The lowest BCUT2D eigenvalue weighted by atomic mass is 9.97. The maximum Gasteiger partial charge on any atom is 0.190 e. The number of amidine groups is 2. The number of nitrogens with zero attached hydrogens (tertiary/aromatic N) is 3. The summed E-state index contributed by atoms with van der Waals surface area (Å²) < 4.78 is 35.4. The van der Waals surface area contributed by atoms with Crippen LogP contribution in [0.25, 0.3) is 11.1 Å². The van der Waals surface area contributed by atoms with Crippen LogP contribution < -0.4 is 16.0 Å². The topological polar surface area (TPSA) is 75.2 Å². The van der Waals surface area contributed by atoms with Crippen molar-refractivity contribution >= 4 is 11.7 Å². The molecule has 0 aromatic heterocycles. The van der Waals surface area contributed by atoms with Gasteiger partial charge < -0.3 is 15.1 Å². The Hall–Kier alpha value is -3.52. The van der Waals surface area contributed by atoms with E-state index in [1.165, 1.54) is 17.7 Å². The van der Waals surface area contributed by atoms with Crippen LogP contribution in [0.1, 0.15) is 52.0 Å². The Labute approximate surface area is 231 Å². The molecule has 2 aromatic rings. The molecule has 1 aliphatic heterocycles. The molecule has 8 heteroatoms. The summed E-state index contributed by atoms with van der Waals surface area (Å²) in [6, 6.07) is 10.1. The Morgan fingerprint density at radius 1 is 1.10 bits per heavy atom. The molecule has 1 saturated heterocycles. The van der Waals surface area contributed by atoms with Gasteiger partial charge in [0, 0.05) is 32.8 Å². The Morgan fingerprint density at radius 2 is 1.77 bits per heavy atom. The zero-order valence-electron chi connectivity index (χ0n) is 23.5. The van der Waals surface area contributed by atoms with E-state index in [0.717, 1.165) is 50.2 Å². The number of piperidine rings is 1. The van der Waals surface area contributed by atoms with Gasteiger partial charge >= 0.3 is 0 Å². The van der Waals surface area contributed by atoms with Crippen molar-refractivity contribution in [1.82, 2.24) is 10.3 Å². The second kappa shape index (κ2) is 15.2. The molecule has 39 heavy (non-hydrogen) atoms. The fraction of sp³-hybridized carbons (Fsp3) is 0.419. The van der Waals surface area contributed by atoms with Gasteiger partial charge in [0.05, 0.1) is 6.61 Å². The molecule has 0 amide bonds. The monoisotopic (exact) mass is 537 g/mol. The van der Waals surface area contributed by atoms with E-state index in [4.69, 9.17) is 10.6 Å². The standard InChI is InChI=1S/C31H41F2N5O/c1-5-7-8-23(6-2)20-36-22(3)38-15-13-25(14-16-38)21-39-31-28(32)18-27(19-29(31)33)26-11-9-24(10-12-26)17-30(35-4)37-34/h7-12,18-20,25H,5-6,13-17,21,34H2,1-4H3,(H,35,37)/b8-7+,23-20-,36-22?. The van der Waals surface area contributed by atoms with Crippen molar-refractivity contribution in [2.45, 2.75) is 52.9 Å². The summed E-state index contributed by atoms with van der Waals surface area (Å²) in [4.78, 5) is 11.0. The predicted octanol–water partition coefficient (Wildman–Crippen LogP) is 6.44. The van der Waals surface area contributed by atoms with Crippen LogP contribution in [0, 0.1) is 17.6 Å². The largest absolute Gasteiger partial charge is 0.487 e. The molecule has 210 valence electrons. The number of nitrogens with two attached hydrogens (primary N) is 1. The molecule has 2 aromatic carbocycles. The first-order valence-corrected chi connectivity index (χ1v) is 13.7. The number of hydrogen-bond acceptors (Lipinski definition) is 4.